The number of amides is 1. The van der Waals surface area contributed by atoms with E-state index in [9.17, 15) is 4.79 Å². The number of ether oxygens (including phenoxy) is 1. The van der Waals surface area contributed by atoms with Crippen molar-refractivity contribution in [3.63, 3.8) is 0 Å². The topological polar surface area (TPSA) is 76.4 Å². The van der Waals surface area contributed by atoms with Crippen molar-refractivity contribution in [3.8, 4) is 11.4 Å². The van der Waals surface area contributed by atoms with E-state index in [0.29, 0.717) is 43.6 Å². The molecule has 1 atom stereocenters. The van der Waals surface area contributed by atoms with E-state index in [-0.39, 0.29) is 5.91 Å². The van der Waals surface area contributed by atoms with Gasteiger partial charge in [0.05, 0.1) is 20.3 Å². The average Bonchev–Trinajstić information content (AvgIpc) is 2.89. The summed E-state index contributed by atoms with van der Waals surface area (Å²) in [6.45, 7) is 3.51. The number of tetrazole rings is 1. The lowest BCUT2D eigenvalue weighted by Crippen LogP contribution is -2.38. The van der Waals surface area contributed by atoms with E-state index >= 15 is 0 Å². The van der Waals surface area contributed by atoms with Gasteiger partial charge in [0.15, 0.2) is 0 Å². The molecule has 0 spiro atoms. The molecule has 1 saturated heterocycles. The zero-order chi connectivity index (χ0) is 17.8. The lowest BCUT2D eigenvalue weighted by Gasteiger charge is -2.25. The van der Waals surface area contributed by atoms with Gasteiger partial charge in [-0.05, 0) is 31.4 Å². The van der Waals surface area contributed by atoms with Crippen molar-refractivity contribution in [1.29, 1.82) is 0 Å². The van der Waals surface area contributed by atoms with Crippen LogP contribution in [0.4, 0.5) is 0 Å². The fourth-order valence-corrected chi connectivity index (χ4v) is 3.04. The Kier molecular flexibility index (Phi) is 5.40. The van der Waals surface area contributed by atoms with Crippen molar-refractivity contribution in [2.75, 3.05) is 46.9 Å². The summed E-state index contributed by atoms with van der Waals surface area (Å²) in [5.74, 6) is 0.910. The molecule has 1 aromatic heterocycles. The number of benzene rings is 1. The highest BCUT2D eigenvalue weighted by Gasteiger charge is 2.24. The molecule has 0 radical (unpaired) electrons. The van der Waals surface area contributed by atoms with Crippen molar-refractivity contribution < 1.29 is 9.53 Å². The molecule has 25 heavy (non-hydrogen) atoms. The minimum atomic E-state index is 0.0351. The molecule has 0 bridgehead atoms. The van der Waals surface area contributed by atoms with Crippen LogP contribution in [0, 0.1) is 5.92 Å². The molecule has 8 nitrogen and oxygen atoms in total. The Balaban J connectivity index is 1.71. The van der Waals surface area contributed by atoms with Crippen LogP contribution in [0.1, 0.15) is 10.4 Å². The molecule has 0 aliphatic carbocycles. The van der Waals surface area contributed by atoms with Crippen LogP contribution in [0.5, 0.6) is 0 Å². The van der Waals surface area contributed by atoms with Crippen molar-refractivity contribution in [3.05, 3.63) is 29.8 Å². The van der Waals surface area contributed by atoms with Gasteiger partial charge in [-0.25, -0.2) is 0 Å². The molecule has 1 aromatic carbocycles. The Hall–Kier alpha value is -2.32. The third-order valence-corrected chi connectivity index (χ3v) is 4.15. The van der Waals surface area contributed by atoms with Crippen molar-refractivity contribution in [1.82, 2.24) is 30.0 Å². The van der Waals surface area contributed by atoms with E-state index in [2.05, 4.69) is 20.3 Å². The SMILES string of the molecule is CN(C)C[C@H]1COCCN(C(=O)c2ccc(-c3nnn(C)n3)cc2)C1. The number of hydrogen-bond donors (Lipinski definition) is 0. The number of carbonyl (C=O) groups is 1. The molecule has 0 saturated carbocycles. The highest BCUT2D eigenvalue weighted by Crippen LogP contribution is 2.17. The highest BCUT2D eigenvalue weighted by atomic mass is 16.5. The lowest BCUT2D eigenvalue weighted by atomic mass is 10.1. The van der Waals surface area contributed by atoms with E-state index in [1.807, 2.05) is 43.3 Å². The van der Waals surface area contributed by atoms with Crippen LogP contribution in [0.2, 0.25) is 0 Å². The van der Waals surface area contributed by atoms with E-state index in [1.165, 1.54) is 4.80 Å². The Labute approximate surface area is 147 Å². The molecule has 3 rings (SSSR count). The van der Waals surface area contributed by atoms with Gasteiger partial charge in [0, 0.05) is 36.7 Å². The summed E-state index contributed by atoms with van der Waals surface area (Å²) in [5, 5.41) is 12.0. The minimum absolute atomic E-state index is 0.0351. The summed E-state index contributed by atoms with van der Waals surface area (Å²) in [4.78, 5) is 18.3. The third-order valence-electron chi connectivity index (χ3n) is 4.15. The molecule has 8 heteroatoms. The summed E-state index contributed by atoms with van der Waals surface area (Å²) >= 11 is 0. The molecule has 1 fully saturated rings. The first-order chi connectivity index (χ1) is 12.0. The first kappa shape index (κ1) is 17.5. The highest BCUT2D eigenvalue weighted by molar-refractivity contribution is 5.94. The van der Waals surface area contributed by atoms with Crippen LogP contribution >= 0.6 is 0 Å². The molecular weight excluding hydrogens is 320 g/mol. The van der Waals surface area contributed by atoms with Gasteiger partial charge in [-0.15, -0.1) is 10.2 Å². The van der Waals surface area contributed by atoms with Crippen LogP contribution < -0.4 is 0 Å². The number of aryl methyl sites for hydroxylation is 1. The Morgan fingerprint density at radius 3 is 2.72 bits per heavy atom. The molecule has 1 aliphatic rings. The van der Waals surface area contributed by atoms with E-state index in [1.54, 1.807) is 7.05 Å². The maximum Gasteiger partial charge on any atom is 0.253 e. The molecule has 2 heterocycles. The summed E-state index contributed by atoms with van der Waals surface area (Å²) in [7, 11) is 5.80. The molecule has 0 unspecified atom stereocenters. The van der Waals surface area contributed by atoms with Gasteiger partial charge in [0.2, 0.25) is 5.82 Å². The average molecular weight is 344 g/mol. The summed E-state index contributed by atoms with van der Waals surface area (Å²) < 4.78 is 5.66. The Morgan fingerprint density at radius 2 is 2.08 bits per heavy atom. The van der Waals surface area contributed by atoms with Crippen LogP contribution in [-0.4, -0.2) is 82.9 Å². The van der Waals surface area contributed by atoms with E-state index in [4.69, 9.17) is 4.74 Å². The zero-order valence-corrected chi connectivity index (χ0v) is 14.9. The molecule has 134 valence electrons. The van der Waals surface area contributed by atoms with Crippen LogP contribution in [0.3, 0.4) is 0 Å². The second-order valence-corrected chi connectivity index (χ2v) is 6.63. The smallest absolute Gasteiger partial charge is 0.253 e. The first-order valence-corrected chi connectivity index (χ1v) is 8.39. The minimum Gasteiger partial charge on any atom is -0.379 e. The number of hydrogen-bond acceptors (Lipinski definition) is 6. The van der Waals surface area contributed by atoms with Gasteiger partial charge < -0.3 is 14.5 Å². The van der Waals surface area contributed by atoms with Gasteiger partial charge in [-0.2, -0.15) is 4.80 Å². The fourth-order valence-electron chi connectivity index (χ4n) is 3.04. The maximum absolute atomic E-state index is 12.8. The van der Waals surface area contributed by atoms with Crippen molar-refractivity contribution >= 4 is 5.91 Å². The number of aromatic nitrogens is 4. The van der Waals surface area contributed by atoms with Crippen molar-refractivity contribution in [2.45, 2.75) is 0 Å². The third kappa shape index (κ3) is 4.40. The quantitative estimate of drug-likeness (QED) is 0.805. The maximum atomic E-state index is 12.8. The van der Waals surface area contributed by atoms with Gasteiger partial charge >= 0.3 is 0 Å². The van der Waals surface area contributed by atoms with E-state index in [0.717, 1.165) is 12.1 Å². The van der Waals surface area contributed by atoms with Crippen molar-refractivity contribution in [2.24, 2.45) is 13.0 Å². The lowest BCUT2D eigenvalue weighted by molar-refractivity contribution is 0.0735. The fraction of sp³-hybridized carbons (Fsp3) is 0.529. The largest absolute Gasteiger partial charge is 0.379 e. The Bertz CT molecular complexity index is 712. The Morgan fingerprint density at radius 1 is 1.32 bits per heavy atom. The van der Waals surface area contributed by atoms with E-state index < -0.39 is 0 Å². The summed E-state index contributed by atoms with van der Waals surface area (Å²) in [6.07, 6.45) is 0. The number of rotatable bonds is 4. The molecular formula is C17H24N6O2. The number of carbonyl (C=O) groups excluding carboxylic acids is 1. The van der Waals surface area contributed by atoms with Crippen LogP contribution in [-0.2, 0) is 11.8 Å². The summed E-state index contributed by atoms with van der Waals surface area (Å²) in [5.41, 5.74) is 1.51. The number of nitrogens with zero attached hydrogens (tertiary/aromatic N) is 6. The predicted octanol–water partition coefficient (Wildman–Crippen LogP) is 0.527. The molecule has 1 aliphatic heterocycles. The van der Waals surface area contributed by atoms with Crippen LogP contribution in [0.25, 0.3) is 11.4 Å². The van der Waals surface area contributed by atoms with Crippen LogP contribution in [0.15, 0.2) is 24.3 Å². The van der Waals surface area contributed by atoms with Gasteiger partial charge in [-0.1, -0.05) is 12.1 Å². The van der Waals surface area contributed by atoms with Gasteiger partial charge in [0.25, 0.3) is 5.91 Å². The summed E-state index contributed by atoms with van der Waals surface area (Å²) in [6, 6.07) is 7.35. The second-order valence-electron chi connectivity index (χ2n) is 6.63. The second kappa shape index (κ2) is 7.71. The molecule has 0 N–H and O–H groups in total. The molecule has 1 amide bonds. The first-order valence-electron chi connectivity index (χ1n) is 8.39. The normalized spacial score (nSPS) is 18.4. The predicted molar refractivity (Wildman–Crippen MR) is 93.0 cm³/mol. The van der Waals surface area contributed by atoms with Gasteiger partial charge in [-0.3, -0.25) is 4.79 Å². The standard InChI is InChI=1S/C17H24N6O2/c1-21(2)10-13-11-23(8-9-25-12-13)17(24)15-6-4-14(5-7-15)16-18-20-22(3)19-16/h4-7,13H,8-12H2,1-3H3/t13-/m1/s1. The monoisotopic (exact) mass is 344 g/mol. The van der Waals surface area contributed by atoms with Gasteiger partial charge in [0.1, 0.15) is 0 Å². The zero-order valence-electron chi connectivity index (χ0n) is 14.9. The molecule has 2 aromatic rings.